The SMILES string of the molecule is CC(C)c1cc(C(=O)c2ccccc2)sc1-c1ccc(Cl)cc1. The molecule has 0 saturated heterocycles. The molecule has 116 valence electrons. The Morgan fingerprint density at radius 3 is 2.26 bits per heavy atom. The zero-order chi connectivity index (χ0) is 16.4. The third-order valence-corrected chi connectivity index (χ3v) is 5.20. The molecule has 0 saturated carbocycles. The van der Waals surface area contributed by atoms with Crippen molar-refractivity contribution < 1.29 is 4.79 Å². The molecule has 0 radical (unpaired) electrons. The molecule has 1 heterocycles. The van der Waals surface area contributed by atoms with Gasteiger partial charge in [0.15, 0.2) is 0 Å². The van der Waals surface area contributed by atoms with Crippen LogP contribution in [0.2, 0.25) is 5.02 Å². The topological polar surface area (TPSA) is 17.1 Å². The highest BCUT2D eigenvalue weighted by atomic mass is 35.5. The van der Waals surface area contributed by atoms with Crippen molar-refractivity contribution in [3.63, 3.8) is 0 Å². The number of halogens is 1. The van der Waals surface area contributed by atoms with Crippen LogP contribution in [-0.2, 0) is 0 Å². The van der Waals surface area contributed by atoms with Crippen LogP contribution >= 0.6 is 22.9 Å². The van der Waals surface area contributed by atoms with E-state index in [1.165, 1.54) is 5.56 Å². The summed E-state index contributed by atoms with van der Waals surface area (Å²) in [6.07, 6.45) is 0. The molecule has 23 heavy (non-hydrogen) atoms. The van der Waals surface area contributed by atoms with Gasteiger partial charge in [0, 0.05) is 15.5 Å². The first-order chi connectivity index (χ1) is 11.1. The maximum absolute atomic E-state index is 12.7. The number of thiophene rings is 1. The van der Waals surface area contributed by atoms with Gasteiger partial charge in [-0.05, 0) is 35.2 Å². The van der Waals surface area contributed by atoms with Crippen LogP contribution < -0.4 is 0 Å². The molecule has 0 N–H and O–H groups in total. The average molecular weight is 341 g/mol. The highest BCUT2D eigenvalue weighted by Gasteiger charge is 2.18. The molecule has 1 aromatic heterocycles. The summed E-state index contributed by atoms with van der Waals surface area (Å²) in [7, 11) is 0. The van der Waals surface area contributed by atoms with Gasteiger partial charge in [0.1, 0.15) is 0 Å². The van der Waals surface area contributed by atoms with Crippen molar-refractivity contribution in [2.24, 2.45) is 0 Å². The Kier molecular flexibility index (Phi) is 4.65. The normalized spacial score (nSPS) is 11.0. The molecule has 0 amide bonds. The van der Waals surface area contributed by atoms with Crippen LogP contribution in [0.1, 0.15) is 40.6 Å². The fraction of sp³-hybridized carbons (Fsp3) is 0.150. The third kappa shape index (κ3) is 3.39. The number of carbonyl (C=O) groups excluding carboxylic acids is 1. The van der Waals surface area contributed by atoms with E-state index in [9.17, 15) is 4.79 Å². The monoisotopic (exact) mass is 340 g/mol. The first-order valence-electron chi connectivity index (χ1n) is 7.55. The number of benzene rings is 2. The predicted octanol–water partition coefficient (Wildman–Crippen LogP) is 6.42. The lowest BCUT2D eigenvalue weighted by atomic mass is 9.99. The quantitative estimate of drug-likeness (QED) is 0.500. The Labute approximate surface area is 145 Å². The molecule has 2 aromatic carbocycles. The summed E-state index contributed by atoms with van der Waals surface area (Å²) in [5.74, 6) is 0.437. The summed E-state index contributed by atoms with van der Waals surface area (Å²) in [4.78, 5) is 14.6. The molecular formula is C20H17ClOS. The Morgan fingerprint density at radius 2 is 1.65 bits per heavy atom. The summed E-state index contributed by atoms with van der Waals surface area (Å²) in [6.45, 7) is 4.30. The van der Waals surface area contributed by atoms with Crippen LogP contribution in [0.25, 0.3) is 10.4 Å². The zero-order valence-corrected chi connectivity index (χ0v) is 14.6. The van der Waals surface area contributed by atoms with E-state index >= 15 is 0 Å². The van der Waals surface area contributed by atoms with Gasteiger partial charge in [-0.2, -0.15) is 0 Å². The van der Waals surface area contributed by atoms with Crippen molar-refractivity contribution in [1.29, 1.82) is 0 Å². The molecule has 0 unspecified atom stereocenters. The van der Waals surface area contributed by atoms with Crippen molar-refractivity contribution in [2.45, 2.75) is 19.8 Å². The Morgan fingerprint density at radius 1 is 1.00 bits per heavy atom. The van der Waals surface area contributed by atoms with E-state index in [4.69, 9.17) is 11.6 Å². The van der Waals surface area contributed by atoms with Crippen LogP contribution in [0.15, 0.2) is 60.7 Å². The number of carbonyl (C=O) groups is 1. The Balaban J connectivity index is 2.06. The van der Waals surface area contributed by atoms with Gasteiger partial charge in [0.25, 0.3) is 0 Å². The molecule has 3 heteroatoms. The molecule has 0 aliphatic carbocycles. The maximum atomic E-state index is 12.7. The van der Waals surface area contributed by atoms with Gasteiger partial charge in [-0.3, -0.25) is 4.79 Å². The van der Waals surface area contributed by atoms with E-state index in [1.54, 1.807) is 11.3 Å². The largest absolute Gasteiger partial charge is 0.288 e. The Bertz CT molecular complexity index is 817. The van der Waals surface area contributed by atoms with Gasteiger partial charge in [0.05, 0.1) is 4.88 Å². The van der Waals surface area contributed by atoms with Crippen molar-refractivity contribution in [1.82, 2.24) is 0 Å². The van der Waals surface area contributed by atoms with E-state index in [0.717, 1.165) is 25.9 Å². The molecule has 0 fully saturated rings. The lowest BCUT2D eigenvalue weighted by Crippen LogP contribution is -1.97. The summed E-state index contributed by atoms with van der Waals surface area (Å²) in [5, 5.41) is 0.719. The maximum Gasteiger partial charge on any atom is 0.202 e. The molecule has 0 atom stereocenters. The number of rotatable bonds is 4. The zero-order valence-electron chi connectivity index (χ0n) is 13.0. The highest BCUT2D eigenvalue weighted by molar-refractivity contribution is 7.17. The van der Waals surface area contributed by atoms with Crippen LogP contribution in [-0.4, -0.2) is 5.78 Å². The van der Waals surface area contributed by atoms with Crippen LogP contribution in [0.3, 0.4) is 0 Å². The molecule has 0 bridgehead atoms. The highest BCUT2D eigenvalue weighted by Crippen LogP contribution is 2.38. The van der Waals surface area contributed by atoms with E-state index in [2.05, 4.69) is 13.8 Å². The fourth-order valence-corrected chi connectivity index (χ4v) is 3.91. The van der Waals surface area contributed by atoms with Crippen LogP contribution in [0.4, 0.5) is 0 Å². The molecule has 0 spiro atoms. The fourth-order valence-electron chi connectivity index (χ4n) is 2.50. The van der Waals surface area contributed by atoms with Crippen LogP contribution in [0.5, 0.6) is 0 Å². The minimum Gasteiger partial charge on any atom is -0.288 e. The third-order valence-electron chi connectivity index (χ3n) is 3.75. The minimum absolute atomic E-state index is 0.0812. The lowest BCUT2D eigenvalue weighted by molar-refractivity contribution is 0.104. The standard InChI is InChI=1S/C20H17ClOS/c1-13(2)17-12-18(19(22)14-6-4-3-5-7-14)23-20(17)15-8-10-16(21)11-9-15/h3-13H,1-2H3. The van der Waals surface area contributed by atoms with Gasteiger partial charge < -0.3 is 0 Å². The Hall–Kier alpha value is -1.90. The van der Waals surface area contributed by atoms with E-state index in [1.807, 2.05) is 60.7 Å². The molecule has 0 aliphatic rings. The summed E-state index contributed by atoms with van der Waals surface area (Å²) in [5.41, 5.74) is 3.04. The second-order valence-electron chi connectivity index (χ2n) is 5.75. The second-order valence-corrected chi connectivity index (χ2v) is 7.24. The minimum atomic E-state index is 0.0812. The molecule has 3 aromatic rings. The number of hydrogen-bond acceptors (Lipinski definition) is 2. The van der Waals surface area contributed by atoms with Gasteiger partial charge in [0.2, 0.25) is 5.78 Å². The number of hydrogen-bond donors (Lipinski definition) is 0. The molecule has 3 rings (SSSR count). The first-order valence-corrected chi connectivity index (χ1v) is 8.75. The van der Waals surface area contributed by atoms with Crippen LogP contribution in [0, 0.1) is 0 Å². The molecule has 0 aliphatic heterocycles. The first kappa shape index (κ1) is 16.0. The van der Waals surface area contributed by atoms with E-state index in [0.29, 0.717) is 5.92 Å². The van der Waals surface area contributed by atoms with Crippen molar-refractivity contribution >= 4 is 28.7 Å². The smallest absolute Gasteiger partial charge is 0.202 e. The van der Waals surface area contributed by atoms with Crippen molar-refractivity contribution in [2.75, 3.05) is 0 Å². The van der Waals surface area contributed by atoms with Crippen molar-refractivity contribution in [3.05, 3.63) is 81.7 Å². The lowest BCUT2D eigenvalue weighted by Gasteiger charge is -2.06. The van der Waals surface area contributed by atoms with Gasteiger partial charge in [-0.15, -0.1) is 11.3 Å². The van der Waals surface area contributed by atoms with Crippen molar-refractivity contribution in [3.8, 4) is 10.4 Å². The summed E-state index contributed by atoms with van der Waals surface area (Å²) in [6, 6.07) is 19.3. The average Bonchev–Trinajstić information content (AvgIpc) is 3.01. The summed E-state index contributed by atoms with van der Waals surface area (Å²) >= 11 is 7.54. The number of ketones is 1. The second kappa shape index (κ2) is 6.69. The van der Waals surface area contributed by atoms with Gasteiger partial charge >= 0.3 is 0 Å². The molecular weight excluding hydrogens is 324 g/mol. The molecule has 1 nitrogen and oxygen atoms in total. The van der Waals surface area contributed by atoms with E-state index < -0.39 is 0 Å². The summed E-state index contributed by atoms with van der Waals surface area (Å²) < 4.78 is 0. The predicted molar refractivity (Wildman–Crippen MR) is 98.7 cm³/mol. The van der Waals surface area contributed by atoms with Gasteiger partial charge in [-0.25, -0.2) is 0 Å². The van der Waals surface area contributed by atoms with Gasteiger partial charge in [-0.1, -0.05) is 67.9 Å². The van der Waals surface area contributed by atoms with E-state index in [-0.39, 0.29) is 5.78 Å².